The van der Waals surface area contributed by atoms with Crippen molar-refractivity contribution < 1.29 is 33.4 Å². The average molecular weight is 621 g/mol. The van der Waals surface area contributed by atoms with Crippen molar-refractivity contribution in [2.24, 2.45) is 4.99 Å². The largest absolute Gasteiger partial charge is 0.478 e. The van der Waals surface area contributed by atoms with E-state index in [1.54, 1.807) is 12.3 Å². The van der Waals surface area contributed by atoms with Crippen LogP contribution >= 0.6 is 0 Å². The molecular weight excluding hydrogens is 582 g/mol. The van der Waals surface area contributed by atoms with Crippen LogP contribution in [0.2, 0.25) is 0 Å². The Kier molecular flexibility index (Phi) is 12.3. The van der Waals surface area contributed by atoms with E-state index >= 15 is 0 Å². The monoisotopic (exact) mass is 620 g/mol. The van der Waals surface area contributed by atoms with Crippen LogP contribution in [0.15, 0.2) is 83.5 Å². The van der Waals surface area contributed by atoms with Crippen molar-refractivity contribution in [2.45, 2.75) is 37.6 Å². The molecular formula is C34H38F2N4O5. The number of likely N-dealkylation sites (tertiary alicyclic amines) is 1. The summed E-state index contributed by atoms with van der Waals surface area (Å²) >= 11 is 0. The van der Waals surface area contributed by atoms with Gasteiger partial charge in [0.05, 0.1) is 5.57 Å². The lowest BCUT2D eigenvalue weighted by Crippen LogP contribution is -2.55. The zero-order valence-corrected chi connectivity index (χ0v) is 25.0. The smallest absolute Gasteiger partial charge is 0.328 e. The molecule has 2 aromatic carbocycles. The molecule has 0 saturated carbocycles. The van der Waals surface area contributed by atoms with Gasteiger partial charge in [-0.3, -0.25) is 9.80 Å². The number of aliphatic imine (C=N–C) groups is 1. The summed E-state index contributed by atoms with van der Waals surface area (Å²) in [6.45, 7) is 6.58. The summed E-state index contributed by atoms with van der Waals surface area (Å²) in [5, 5.41) is 15.6. The van der Waals surface area contributed by atoms with E-state index in [0.29, 0.717) is 17.7 Å². The van der Waals surface area contributed by atoms with E-state index < -0.39 is 11.9 Å². The Morgan fingerprint density at radius 2 is 1.40 bits per heavy atom. The predicted molar refractivity (Wildman–Crippen MR) is 167 cm³/mol. The number of aliphatic carboxylic acids is 2. The van der Waals surface area contributed by atoms with Crippen LogP contribution in [0.1, 0.15) is 42.7 Å². The van der Waals surface area contributed by atoms with Crippen LogP contribution in [0.5, 0.6) is 0 Å². The van der Waals surface area contributed by atoms with Gasteiger partial charge in [0, 0.05) is 50.4 Å². The lowest BCUT2D eigenvalue weighted by Gasteiger charge is -2.41. The number of piperazine rings is 1. The molecule has 2 saturated heterocycles. The molecule has 45 heavy (non-hydrogen) atoms. The fourth-order valence-electron chi connectivity index (χ4n) is 5.98. The van der Waals surface area contributed by atoms with Gasteiger partial charge in [0.15, 0.2) is 0 Å². The molecule has 2 aromatic rings. The number of amidine groups is 1. The van der Waals surface area contributed by atoms with Gasteiger partial charge in [-0.2, -0.15) is 0 Å². The van der Waals surface area contributed by atoms with E-state index in [9.17, 15) is 23.2 Å². The quantitative estimate of drug-likeness (QED) is 0.314. The van der Waals surface area contributed by atoms with Gasteiger partial charge in [-0.25, -0.2) is 28.2 Å². The molecule has 238 valence electrons. The van der Waals surface area contributed by atoms with Crippen molar-refractivity contribution >= 4 is 23.7 Å². The minimum atomic E-state index is -1.26. The maximum absolute atomic E-state index is 13.5. The number of carboxylic acid groups (broad SMARTS) is 2. The first kappa shape index (κ1) is 33.5. The van der Waals surface area contributed by atoms with Crippen LogP contribution in [0.4, 0.5) is 8.78 Å². The highest BCUT2D eigenvalue weighted by Gasteiger charge is 2.35. The highest BCUT2D eigenvalue weighted by atomic mass is 19.1. The summed E-state index contributed by atoms with van der Waals surface area (Å²) in [5.74, 6) is 0.225. The van der Waals surface area contributed by atoms with Gasteiger partial charge in [0.2, 0.25) is 0 Å². The summed E-state index contributed by atoms with van der Waals surface area (Å²) in [7, 11) is 0. The predicted octanol–water partition coefficient (Wildman–Crippen LogP) is 4.35. The van der Waals surface area contributed by atoms with Crippen LogP contribution in [0.3, 0.4) is 0 Å². The van der Waals surface area contributed by atoms with Crippen molar-refractivity contribution in [2.75, 3.05) is 45.8 Å². The molecule has 5 rings (SSSR count). The van der Waals surface area contributed by atoms with E-state index in [4.69, 9.17) is 15.2 Å². The fraction of sp³-hybridized carbons (Fsp3) is 0.382. The topological polar surface area (TPSA) is 114 Å². The molecule has 3 aliphatic heterocycles. The van der Waals surface area contributed by atoms with Gasteiger partial charge < -0.3 is 15.1 Å². The van der Waals surface area contributed by atoms with Crippen LogP contribution in [-0.2, 0) is 14.4 Å². The lowest BCUT2D eigenvalue weighted by molar-refractivity contribution is -0.134. The van der Waals surface area contributed by atoms with Crippen LogP contribution in [0.25, 0.3) is 0 Å². The summed E-state index contributed by atoms with van der Waals surface area (Å²) in [6.07, 6.45) is 8.85. The van der Waals surface area contributed by atoms with Crippen LogP contribution in [-0.4, -0.2) is 100 Å². The van der Waals surface area contributed by atoms with Crippen molar-refractivity contribution in [1.82, 2.24) is 14.7 Å². The number of hydrogen-bond acceptors (Lipinski definition) is 7. The second-order valence-corrected chi connectivity index (χ2v) is 11.1. The first-order valence-electron chi connectivity index (χ1n) is 15.1. The van der Waals surface area contributed by atoms with E-state index in [1.807, 2.05) is 24.3 Å². The van der Waals surface area contributed by atoms with Crippen molar-refractivity contribution in [1.29, 1.82) is 0 Å². The highest BCUT2D eigenvalue weighted by Crippen LogP contribution is 2.30. The fourth-order valence-corrected chi connectivity index (χ4v) is 5.98. The van der Waals surface area contributed by atoms with Crippen molar-refractivity contribution in [3.63, 3.8) is 0 Å². The number of halogens is 2. The molecule has 3 heterocycles. The molecule has 0 aromatic heterocycles. The molecule has 0 radical (unpaired) electrons. The third kappa shape index (κ3) is 9.78. The van der Waals surface area contributed by atoms with Crippen molar-refractivity contribution in [3.8, 4) is 0 Å². The summed E-state index contributed by atoms with van der Waals surface area (Å²) < 4.78 is 27.0. The highest BCUT2D eigenvalue weighted by molar-refractivity contribution is 5.95. The Hall–Kier alpha value is -4.44. The first-order chi connectivity index (χ1) is 21.7. The third-order valence-corrected chi connectivity index (χ3v) is 8.20. The molecule has 9 nitrogen and oxygen atoms in total. The third-order valence-electron chi connectivity index (χ3n) is 8.20. The molecule has 3 aliphatic rings. The summed E-state index contributed by atoms with van der Waals surface area (Å²) in [5.41, 5.74) is 2.78. The Morgan fingerprint density at radius 3 is 1.89 bits per heavy atom. The molecule has 11 heteroatoms. The zero-order chi connectivity index (χ0) is 32.2. The molecule has 1 atom stereocenters. The lowest BCUT2D eigenvalue weighted by atomic mass is 9.87. The maximum Gasteiger partial charge on any atom is 0.328 e. The number of carbonyl (C=O) groups is 2. The van der Waals surface area contributed by atoms with Gasteiger partial charge in [0.25, 0.3) is 0 Å². The standard InChI is InChI=1S/C30H34F2N4O.C4H4O4/c31-26-9-5-23(6-10-26)28(24-7-11-27(32)12-8-24)4-3-15-34-18-20-36(21-19-34)30-29(35-16-1-2-17-35)25(22-37)13-14-33-30;5-3(6)1-2-4(7)8/h5-14,28-29H,1-4,15-21H2;1-2H,(H,5,6)(H,7,8). The number of carbonyl (C=O) groups excluding carboxylic acids is 1. The SMILES string of the molecule is O=C(O)C=CC(=O)O.O=C=C1C=CN=C(N2CCN(CCCC(c3ccc(F)cc3)c3ccc(F)cc3)CC2)C1N1CCCC1. The molecule has 0 aliphatic carbocycles. The number of hydrogen-bond donors (Lipinski definition) is 2. The minimum absolute atomic E-state index is 0.0799. The zero-order valence-electron chi connectivity index (χ0n) is 25.0. The minimum Gasteiger partial charge on any atom is -0.478 e. The van der Waals surface area contributed by atoms with Gasteiger partial charge in [-0.1, -0.05) is 24.3 Å². The van der Waals surface area contributed by atoms with E-state index in [1.165, 1.54) is 24.3 Å². The van der Waals surface area contributed by atoms with Crippen molar-refractivity contribution in [3.05, 3.63) is 101 Å². The van der Waals surface area contributed by atoms with Gasteiger partial charge in [0.1, 0.15) is 29.5 Å². The Bertz CT molecular complexity index is 1380. The molecule has 1 unspecified atom stereocenters. The molecule has 0 amide bonds. The average Bonchev–Trinajstić information content (AvgIpc) is 3.58. The number of rotatable bonds is 9. The molecule has 0 bridgehead atoms. The van der Waals surface area contributed by atoms with Crippen LogP contribution in [0, 0.1) is 11.6 Å². The second kappa shape index (κ2) is 16.6. The van der Waals surface area contributed by atoms with E-state index in [2.05, 4.69) is 20.6 Å². The number of benzene rings is 2. The van der Waals surface area contributed by atoms with E-state index in [-0.39, 0.29) is 23.6 Å². The van der Waals surface area contributed by atoms with Gasteiger partial charge in [-0.05, 0) is 86.8 Å². The van der Waals surface area contributed by atoms with Gasteiger partial charge >= 0.3 is 11.9 Å². The number of carboxylic acids is 2. The van der Waals surface area contributed by atoms with Gasteiger partial charge in [-0.15, -0.1) is 0 Å². The normalized spacial score (nSPS) is 18.9. The first-order valence-corrected chi connectivity index (χ1v) is 15.1. The maximum atomic E-state index is 13.5. The Balaban J connectivity index is 0.000000510. The second-order valence-electron chi connectivity index (χ2n) is 11.1. The number of nitrogens with zero attached hydrogens (tertiary/aromatic N) is 4. The van der Waals surface area contributed by atoms with E-state index in [0.717, 1.165) is 88.5 Å². The molecule has 2 fully saturated rings. The Labute approximate surface area is 261 Å². The molecule has 2 N–H and O–H groups in total. The van der Waals surface area contributed by atoms with Crippen LogP contribution < -0.4 is 0 Å². The Morgan fingerprint density at radius 1 is 0.867 bits per heavy atom. The summed E-state index contributed by atoms with van der Waals surface area (Å²) in [4.78, 5) is 42.7. The molecule has 0 spiro atoms. The summed E-state index contributed by atoms with van der Waals surface area (Å²) in [6, 6.07) is 13.2.